The number of aliphatic imine (C=N–C) groups is 1. The Bertz CT molecular complexity index is 435. The van der Waals surface area contributed by atoms with E-state index >= 15 is 0 Å². The maximum atomic E-state index is 4.63. The molecule has 5 heteroatoms. The van der Waals surface area contributed by atoms with Gasteiger partial charge in [0.25, 0.3) is 0 Å². The Balaban J connectivity index is 0.00000400. The minimum absolute atomic E-state index is 0. The SMILES string of the molecule is C=CCSCCNC(=NCc1ccccc1C)NCC.I. The number of thioether (sulfide) groups is 1. The second-order valence-corrected chi connectivity index (χ2v) is 5.56. The van der Waals surface area contributed by atoms with Crippen LogP contribution in [0.5, 0.6) is 0 Å². The predicted molar refractivity (Wildman–Crippen MR) is 107 cm³/mol. The van der Waals surface area contributed by atoms with Crippen LogP contribution >= 0.6 is 35.7 Å². The lowest BCUT2D eigenvalue weighted by molar-refractivity contribution is 0.842. The molecule has 1 aromatic rings. The van der Waals surface area contributed by atoms with Crippen molar-refractivity contribution in [3.8, 4) is 0 Å². The van der Waals surface area contributed by atoms with Gasteiger partial charge in [-0.3, -0.25) is 0 Å². The molecular formula is C16H26IN3S. The van der Waals surface area contributed by atoms with Crippen LogP contribution < -0.4 is 10.6 Å². The van der Waals surface area contributed by atoms with Crippen molar-refractivity contribution in [1.29, 1.82) is 0 Å². The van der Waals surface area contributed by atoms with Gasteiger partial charge in [-0.2, -0.15) is 11.8 Å². The van der Waals surface area contributed by atoms with Crippen molar-refractivity contribution in [2.24, 2.45) is 4.99 Å². The first-order valence-corrected chi connectivity index (χ1v) is 8.18. The Morgan fingerprint density at radius 2 is 2.10 bits per heavy atom. The highest BCUT2D eigenvalue weighted by molar-refractivity contribution is 14.0. The maximum absolute atomic E-state index is 4.63. The third kappa shape index (κ3) is 9.03. The zero-order valence-corrected chi connectivity index (χ0v) is 16.0. The van der Waals surface area contributed by atoms with E-state index in [1.165, 1.54) is 11.1 Å². The van der Waals surface area contributed by atoms with Crippen molar-refractivity contribution in [3.63, 3.8) is 0 Å². The number of nitrogens with zero attached hydrogens (tertiary/aromatic N) is 1. The van der Waals surface area contributed by atoms with Gasteiger partial charge in [-0.05, 0) is 25.0 Å². The summed E-state index contributed by atoms with van der Waals surface area (Å²) in [4.78, 5) is 4.63. The van der Waals surface area contributed by atoms with Crippen LogP contribution in [-0.2, 0) is 6.54 Å². The van der Waals surface area contributed by atoms with E-state index in [9.17, 15) is 0 Å². The summed E-state index contributed by atoms with van der Waals surface area (Å²) in [5, 5.41) is 6.63. The molecule has 21 heavy (non-hydrogen) atoms. The molecule has 3 nitrogen and oxygen atoms in total. The molecule has 0 atom stereocenters. The monoisotopic (exact) mass is 419 g/mol. The quantitative estimate of drug-likeness (QED) is 0.222. The first kappa shape index (κ1) is 20.3. The molecule has 0 saturated carbocycles. The number of nitrogens with one attached hydrogen (secondary N) is 2. The molecule has 2 N–H and O–H groups in total. The van der Waals surface area contributed by atoms with Gasteiger partial charge in [0, 0.05) is 24.6 Å². The number of guanidine groups is 1. The van der Waals surface area contributed by atoms with Gasteiger partial charge < -0.3 is 10.6 Å². The molecule has 0 spiro atoms. The van der Waals surface area contributed by atoms with E-state index in [0.717, 1.165) is 30.6 Å². The summed E-state index contributed by atoms with van der Waals surface area (Å²) >= 11 is 1.87. The van der Waals surface area contributed by atoms with Gasteiger partial charge in [0.05, 0.1) is 6.54 Å². The van der Waals surface area contributed by atoms with E-state index in [2.05, 4.69) is 60.3 Å². The summed E-state index contributed by atoms with van der Waals surface area (Å²) in [7, 11) is 0. The van der Waals surface area contributed by atoms with Gasteiger partial charge in [-0.25, -0.2) is 4.99 Å². The smallest absolute Gasteiger partial charge is 0.191 e. The molecule has 1 rings (SSSR count). The van der Waals surface area contributed by atoms with E-state index in [-0.39, 0.29) is 24.0 Å². The van der Waals surface area contributed by atoms with Crippen molar-refractivity contribution in [3.05, 3.63) is 48.0 Å². The molecular weight excluding hydrogens is 393 g/mol. The van der Waals surface area contributed by atoms with Crippen molar-refractivity contribution < 1.29 is 0 Å². The van der Waals surface area contributed by atoms with Gasteiger partial charge in [-0.1, -0.05) is 30.3 Å². The van der Waals surface area contributed by atoms with Gasteiger partial charge in [0.15, 0.2) is 5.96 Å². The molecule has 0 aliphatic heterocycles. The van der Waals surface area contributed by atoms with Crippen LogP contribution in [0.25, 0.3) is 0 Å². The van der Waals surface area contributed by atoms with E-state index < -0.39 is 0 Å². The number of benzene rings is 1. The molecule has 0 heterocycles. The van der Waals surface area contributed by atoms with Crippen molar-refractivity contribution in [1.82, 2.24) is 10.6 Å². The van der Waals surface area contributed by atoms with E-state index in [4.69, 9.17) is 0 Å². The van der Waals surface area contributed by atoms with Crippen LogP contribution in [-0.4, -0.2) is 30.6 Å². The molecule has 1 aromatic carbocycles. The topological polar surface area (TPSA) is 36.4 Å². The van der Waals surface area contributed by atoms with Crippen LogP contribution in [0.3, 0.4) is 0 Å². The summed E-state index contributed by atoms with van der Waals surface area (Å²) in [6, 6.07) is 8.37. The summed E-state index contributed by atoms with van der Waals surface area (Å²) in [5.41, 5.74) is 2.55. The van der Waals surface area contributed by atoms with Gasteiger partial charge >= 0.3 is 0 Å². The minimum atomic E-state index is 0. The molecule has 0 fully saturated rings. The normalized spacial score (nSPS) is 10.7. The molecule has 0 amide bonds. The maximum Gasteiger partial charge on any atom is 0.191 e. The zero-order chi connectivity index (χ0) is 14.6. The standard InChI is InChI=1S/C16H25N3S.HI/c1-4-11-20-12-10-18-16(17-5-2)19-13-15-9-7-6-8-14(15)3;/h4,6-9H,1,5,10-13H2,2-3H3,(H2,17,18,19);1H. The van der Waals surface area contributed by atoms with E-state index in [1.54, 1.807) is 0 Å². The summed E-state index contributed by atoms with van der Waals surface area (Å²) < 4.78 is 0. The highest BCUT2D eigenvalue weighted by Gasteiger charge is 1.99. The van der Waals surface area contributed by atoms with Crippen molar-refractivity contribution >= 4 is 41.7 Å². The molecule has 0 radical (unpaired) electrons. The first-order chi connectivity index (χ1) is 9.77. The van der Waals surface area contributed by atoms with Gasteiger partial charge in [0.2, 0.25) is 0 Å². The molecule has 118 valence electrons. The Morgan fingerprint density at radius 1 is 1.33 bits per heavy atom. The lowest BCUT2D eigenvalue weighted by Crippen LogP contribution is -2.38. The molecule has 0 bridgehead atoms. The highest BCUT2D eigenvalue weighted by atomic mass is 127. The number of halogens is 1. The second kappa shape index (κ2) is 13.0. The average Bonchev–Trinajstić information content (AvgIpc) is 2.46. The number of aryl methyl sites for hydroxylation is 1. The van der Waals surface area contributed by atoms with Gasteiger partial charge in [0.1, 0.15) is 0 Å². The average molecular weight is 419 g/mol. The van der Waals surface area contributed by atoms with E-state index in [0.29, 0.717) is 6.54 Å². The zero-order valence-electron chi connectivity index (χ0n) is 12.9. The van der Waals surface area contributed by atoms with Crippen LogP contribution in [0.2, 0.25) is 0 Å². The van der Waals surface area contributed by atoms with Crippen LogP contribution in [0, 0.1) is 6.92 Å². The lowest BCUT2D eigenvalue weighted by Gasteiger charge is -2.11. The Labute approximate surface area is 150 Å². The lowest BCUT2D eigenvalue weighted by atomic mass is 10.1. The van der Waals surface area contributed by atoms with Crippen LogP contribution in [0.4, 0.5) is 0 Å². The minimum Gasteiger partial charge on any atom is -0.357 e. The van der Waals surface area contributed by atoms with Crippen molar-refractivity contribution in [2.75, 3.05) is 24.6 Å². The summed E-state index contributed by atoms with van der Waals surface area (Å²) in [5.74, 6) is 2.94. The summed E-state index contributed by atoms with van der Waals surface area (Å²) in [6.45, 7) is 10.4. The summed E-state index contributed by atoms with van der Waals surface area (Å²) in [6.07, 6.45) is 1.93. The van der Waals surface area contributed by atoms with Crippen LogP contribution in [0.15, 0.2) is 41.9 Å². The molecule has 0 aliphatic carbocycles. The number of hydrogen-bond acceptors (Lipinski definition) is 2. The number of rotatable bonds is 8. The highest BCUT2D eigenvalue weighted by Crippen LogP contribution is 2.07. The largest absolute Gasteiger partial charge is 0.357 e. The Kier molecular flexibility index (Phi) is 12.6. The third-order valence-electron chi connectivity index (χ3n) is 2.79. The van der Waals surface area contributed by atoms with Crippen LogP contribution in [0.1, 0.15) is 18.1 Å². The Morgan fingerprint density at radius 3 is 2.76 bits per heavy atom. The van der Waals surface area contributed by atoms with E-state index in [1.807, 2.05) is 17.8 Å². The Hall–Kier alpha value is -0.690. The van der Waals surface area contributed by atoms with Crippen molar-refractivity contribution in [2.45, 2.75) is 20.4 Å². The fourth-order valence-corrected chi connectivity index (χ4v) is 2.28. The second-order valence-electron chi connectivity index (χ2n) is 4.41. The molecule has 0 aromatic heterocycles. The molecule has 0 aliphatic rings. The molecule has 0 unspecified atom stereocenters. The van der Waals surface area contributed by atoms with Gasteiger partial charge in [-0.15, -0.1) is 30.6 Å². The number of hydrogen-bond donors (Lipinski definition) is 2. The first-order valence-electron chi connectivity index (χ1n) is 7.03. The third-order valence-corrected chi connectivity index (χ3v) is 3.75. The fourth-order valence-electron chi connectivity index (χ4n) is 1.70. The fraction of sp³-hybridized carbons (Fsp3) is 0.438. The molecule has 0 saturated heterocycles. The predicted octanol–water partition coefficient (Wildman–Crippen LogP) is 3.59.